The first-order valence-corrected chi connectivity index (χ1v) is 16.5. The normalized spacial score (nSPS) is 13.5. The van der Waals surface area contributed by atoms with Gasteiger partial charge < -0.3 is 5.32 Å². The Morgan fingerprint density at radius 1 is 0.590 bits per heavy atom. The van der Waals surface area contributed by atoms with Gasteiger partial charge in [0.15, 0.2) is 0 Å². The molecule has 0 aromatic heterocycles. The molecular formula is C30H39N3O4S2. The van der Waals surface area contributed by atoms with E-state index in [9.17, 15) is 16.8 Å². The van der Waals surface area contributed by atoms with Gasteiger partial charge in [0.25, 0.3) is 20.0 Å². The topological polar surface area (TPSA) is 105 Å². The van der Waals surface area contributed by atoms with Crippen LogP contribution in [0, 0.1) is 6.92 Å². The first kappa shape index (κ1) is 30.5. The van der Waals surface area contributed by atoms with Gasteiger partial charge in [-0.2, -0.15) is 25.6 Å². The van der Waals surface area contributed by atoms with E-state index in [0.29, 0.717) is 0 Å². The first-order valence-electron chi connectivity index (χ1n) is 13.7. The van der Waals surface area contributed by atoms with Crippen molar-refractivity contribution >= 4 is 37.2 Å². The number of nitrogens with zero attached hydrogens (tertiary/aromatic N) is 2. The number of nitrogens with one attached hydrogen (secondary N) is 1. The van der Waals surface area contributed by atoms with Crippen molar-refractivity contribution in [1.29, 1.82) is 0 Å². The zero-order valence-electron chi connectivity index (χ0n) is 22.8. The van der Waals surface area contributed by atoms with Crippen LogP contribution in [-0.2, 0) is 20.0 Å². The number of unbranched alkanes of at least 4 members (excludes halogenated alkanes) is 8. The number of hydrogen-bond donors (Lipinski definition) is 1. The average Bonchev–Trinajstić information content (AvgIpc) is 2.91. The lowest BCUT2D eigenvalue weighted by Gasteiger charge is -2.08. The molecule has 39 heavy (non-hydrogen) atoms. The molecule has 0 spiro atoms. The number of sulfonamides is 2. The van der Waals surface area contributed by atoms with Gasteiger partial charge in [-0.05, 0) is 74.0 Å². The van der Waals surface area contributed by atoms with Crippen LogP contribution in [0.4, 0.5) is 5.69 Å². The SMILES string of the molecule is CCCCCCCCCCCNc1ccc(S(=O)(=O)N=C2C=CC(=NS(=O)(=O)c3ccc(C)cc3)C=C2)cc1. The Morgan fingerprint density at radius 3 is 1.46 bits per heavy atom. The maximum absolute atomic E-state index is 12.8. The standard InChI is InChI=1S/C30H39N3O4S2/c1-3-4-5-6-7-8-9-10-11-24-31-26-18-22-30(23-19-26)39(36,37)33-28-16-14-27(15-17-28)32-38(34,35)29-20-12-25(2)13-21-29/h12-23,31H,3-11,24H2,1-2H3. The molecule has 0 radical (unpaired) electrons. The van der Waals surface area contributed by atoms with Crippen LogP contribution in [0.25, 0.3) is 0 Å². The second-order valence-electron chi connectivity index (χ2n) is 9.74. The molecule has 0 aliphatic heterocycles. The zero-order chi connectivity index (χ0) is 28.1. The van der Waals surface area contributed by atoms with Crippen LogP contribution >= 0.6 is 0 Å². The van der Waals surface area contributed by atoms with Crippen molar-refractivity contribution in [2.75, 3.05) is 11.9 Å². The second-order valence-corrected chi connectivity index (χ2v) is 12.9. The summed E-state index contributed by atoms with van der Waals surface area (Å²) in [6.45, 7) is 4.96. The molecule has 0 saturated heterocycles. The number of rotatable bonds is 15. The second kappa shape index (κ2) is 14.9. The minimum Gasteiger partial charge on any atom is -0.385 e. The van der Waals surface area contributed by atoms with Gasteiger partial charge in [-0.25, -0.2) is 0 Å². The van der Waals surface area contributed by atoms with Gasteiger partial charge >= 0.3 is 0 Å². The number of allylic oxidation sites excluding steroid dienone is 4. The van der Waals surface area contributed by atoms with E-state index >= 15 is 0 Å². The fraction of sp³-hybridized carbons (Fsp3) is 0.400. The minimum atomic E-state index is -3.92. The van der Waals surface area contributed by atoms with Gasteiger partial charge in [-0.3, -0.25) is 0 Å². The number of aryl methyl sites for hydroxylation is 1. The highest BCUT2D eigenvalue weighted by Crippen LogP contribution is 2.19. The van der Waals surface area contributed by atoms with E-state index in [0.717, 1.165) is 24.2 Å². The summed E-state index contributed by atoms with van der Waals surface area (Å²) in [4.78, 5) is 0.183. The molecule has 3 rings (SSSR count). The van der Waals surface area contributed by atoms with Gasteiger partial charge in [0, 0.05) is 12.2 Å². The van der Waals surface area contributed by atoms with Crippen molar-refractivity contribution in [1.82, 2.24) is 0 Å². The highest BCUT2D eigenvalue weighted by Gasteiger charge is 2.16. The third-order valence-corrected chi connectivity index (χ3v) is 9.02. The van der Waals surface area contributed by atoms with Gasteiger partial charge in [-0.15, -0.1) is 0 Å². The largest absolute Gasteiger partial charge is 0.385 e. The molecule has 9 heteroatoms. The lowest BCUT2D eigenvalue weighted by atomic mass is 10.1. The molecule has 0 bridgehead atoms. The molecule has 0 unspecified atom stereocenters. The summed E-state index contributed by atoms with van der Waals surface area (Å²) in [5, 5.41) is 3.35. The predicted octanol–water partition coefficient (Wildman–Crippen LogP) is 7.02. The third-order valence-electron chi connectivity index (χ3n) is 6.38. The quantitative estimate of drug-likeness (QED) is 0.183. The zero-order valence-corrected chi connectivity index (χ0v) is 24.5. The molecule has 0 fully saturated rings. The van der Waals surface area contributed by atoms with E-state index in [4.69, 9.17) is 0 Å². The van der Waals surface area contributed by atoms with Crippen molar-refractivity contribution in [3.05, 3.63) is 78.4 Å². The Balaban J connectivity index is 1.49. The van der Waals surface area contributed by atoms with Gasteiger partial charge in [0.1, 0.15) is 0 Å². The molecule has 0 saturated carbocycles. The molecule has 210 valence electrons. The molecule has 7 nitrogen and oxygen atoms in total. The Hall–Kier alpha value is -3.04. The van der Waals surface area contributed by atoms with Gasteiger partial charge in [0.2, 0.25) is 0 Å². The van der Waals surface area contributed by atoms with Gasteiger partial charge in [-0.1, -0.05) is 76.0 Å². The van der Waals surface area contributed by atoms with Crippen molar-refractivity contribution in [2.45, 2.75) is 81.4 Å². The average molecular weight is 570 g/mol. The van der Waals surface area contributed by atoms with Crippen LogP contribution in [0.15, 0.2) is 91.4 Å². The van der Waals surface area contributed by atoms with Crippen LogP contribution in [0.2, 0.25) is 0 Å². The summed E-state index contributed by atoms with van der Waals surface area (Å²) in [6, 6.07) is 13.0. The number of anilines is 1. The number of hydrogen-bond acceptors (Lipinski definition) is 5. The summed E-state index contributed by atoms with van der Waals surface area (Å²) in [7, 11) is -7.79. The lowest BCUT2D eigenvalue weighted by molar-refractivity contribution is 0.569. The molecule has 1 aliphatic carbocycles. The van der Waals surface area contributed by atoms with Crippen LogP contribution in [0.5, 0.6) is 0 Å². The fourth-order valence-electron chi connectivity index (χ4n) is 4.08. The molecule has 0 amide bonds. The Kier molecular flexibility index (Phi) is 11.7. The van der Waals surface area contributed by atoms with E-state index in [1.807, 2.05) is 6.92 Å². The third kappa shape index (κ3) is 10.2. The minimum absolute atomic E-state index is 0.0897. The molecule has 0 heterocycles. The first-order chi connectivity index (χ1) is 18.7. The van der Waals surface area contributed by atoms with Crippen LogP contribution < -0.4 is 5.32 Å². The highest BCUT2D eigenvalue weighted by molar-refractivity contribution is 7.90. The predicted molar refractivity (Wildman–Crippen MR) is 161 cm³/mol. The summed E-state index contributed by atoms with van der Waals surface area (Å²) in [5.74, 6) is 0. The number of benzene rings is 2. The molecule has 2 aromatic rings. The van der Waals surface area contributed by atoms with Crippen LogP contribution in [-0.4, -0.2) is 34.8 Å². The van der Waals surface area contributed by atoms with E-state index < -0.39 is 20.0 Å². The van der Waals surface area contributed by atoms with Gasteiger partial charge in [0.05, 0.1) is 21.2 Å². The lowest BCUT2D eigenvalue weighted by Crippen LogP contribution is -2.07. The summed E-state index contributed by atoms with van der Waals surface area (Å²) >= 11 is 0. The van der Waals surface area contributed by atoms with Crippen molar-refractivity contribution in [3.8, 4) is 0 Å². The monoisotopic (exact) mass is 569 g/mol. The molecule has 1 aliphatic rings. The van der Waals surface area contributed by atoms with Crippen molar-refractivity contribution in [3.63, 3.8) is 0 Å². The van der Waals surface area contributed by atoms with E-state index in [2.05, 4.69) is 21.0 Å². The van der Waals surface area contributed by atoms with Crippen molar-refractivity contribution < 1.29 is 16.8 Å². The fourth-order valence-corrected chi connectivity index (χ4v) is 6.05. The molecular weight excluding hydrogens is 530 g/mol. The van der Waals surface area contributed by atoms with E-state index in [1.165, 1.54) is 99.9 Å². The Morgan fingerprint density at radius 2 is 1.00 bits per heavy atom. The molecule has 1 N–H and O–H groups in total. The summed E-state index contributed by atoms with van der Waals surface area (Å²) in [5.41, 5.74) is 2.19. The maximum atomic E-state index is 12.8. The summed E-state index contributed by atoms with van der Waals surface area (Å²) < 4.78 is 58.3. The molecule has 2 aromatic carbocycles. The van der Waals surface area contributed by atoms with E-state index in [-0.39, 0.29) is 21.2 Å². The van der Waals surface area contributed by atoms with E-state index in [1.54, 1.807) is 24.3 Å². The van der Waals surface area contributed by atoms with Crippen LogP contribution in [0.1, 0.15) is 70.3 Å². The smallest absolute Gasteiger partial charge is 0.282 e. The highest BCUT2D eigenvalue weighted by atomic mass is 32.2. The van der Waals surface area contributed by atoms with Crippen LogP contribution in [0.3, 0.4) is 0 Å². The maximum Gasteiger partial charge on any atom is 0.282 e. The Labute approximate surface area is 234 Å². The molecule has 0 atom stereocenters. The van der Waals surface area contributed by atoms with Crippen molar-refractivity contribution in [2.24, 2.45) is 8.80 Å². The Bertz CT molecular complexity index is 1390. The summed E-state index contributed by atoms with van der Waals surface area (Å²) in [6.07, 6.45) is 17.2.